The fraction of sp³-hybridized carbons (Fsp3) is 0.900. The Labute approximate surface area is 114 Å². The molecule has 1 fully saturated rings. The molecule has 0 aromatic carbocycles. The van der Waals surface area contributed by atoms with E-state index in [9.17, 15) is 31.6 Å². The molecule has 20 heavy (non-hydrogen) atoms. The maximum atomic E-state index is 12.0. The van der Waals surface area contributed by atoms with Crippen LogP contribution >= 0.6 is 0 Å². The van der Waals surface area contributed by atoms with Crippen molar-refractivity contribution in [3.8, 4) is 0 Å². The Morgan fingerprint density at radius 3 is 2.30 bits per heavy atom. The molecule has 0 aliphatic heterocycles. The highest BCUT2D eigenvalue weighted by atomic mass is 32.2. The SMILES string of the molecule is O=C(OCC[NH+]([O-])S(=O)(=O)C(F)(F)F)C1CCCCC1. The second kappa shape index (κ2) is 6.72. The van der Waals surface area contributed by atoms with Gasteiger partial charge in [0.05, 0.1) is 5.92 Å². The number of rotatable bonds is 5. The molecule has 6 nitrogen and oxygen atoms in total. The number of carbonyl (C=O) groups excluding carboxylic acids is 1. The van der Waals surface area contributed by atoms with Gasteiger partial charge in [-0.25, -0.2) is 0 Å². The highest BCUT2D eigenvalue weighted by molar-refractivity contribution is 7.86. The molecule has 10 heteroatoms. The van der Waals surface area contributed by atoms with E-state index in [-0.39, 0.29) is 5.92 Å². The summed E-state index contributed by atoms with van der Waals surface area (Å²) in [6.07, 6.45) is 4.07. The van der Waals surface area contributed by atoms with Crippen molar-refractivity contribution in [3.05, 3.63) is 5.21 Å². The van der Waals surface area contributed by atoms with E-state index in [1.807, 2.05) is 0 Å². The van der Waals surface area contributed by atoms with Crippen LogP contribution in [0.3, 0.4) is 0 Å². The summed E-state index contributed by atoms with van der Waals surface area (Å²) >= 11 is 0. The Balaban J connectivity index is 2.38. The van der Waals surface area contributed by atoms with Gasteiger partial charge in [0.1, 0.15) is 13.2 Å². The lowest BCUT2D eigenvalue weighted by atomic mass is 9.89. The molecule has 0 amide bonds. The van der Waals surface area contributed by atoms with Crippen LogP contribution in [0.1, 0.15) is 32.1 Å². The molecule has 1 saturated carbocycles. The first-order valence-electron chi connectivity index (χ1n) is 6.17. The minimum Gasteiger partial charge on any atom is -0.618 e. The van der Waals surface area contributed by atoms with E-state index in [0.29, 0.717) is 12.8 Å². The molecule has 0 radical (unpaired) electrons. The zero-order valence-corrected chi connectivity index (χ0v) is 11.4. The Bertz CT molecular complexity index is 431. The molecule has 0 bridgehead atoms. The van der Waals surface area contributed by atoms with Crippen molar-refractivity contribution in [3.63, 3.8) is 0 Å². The standard InChI is InChI=1S/C10H16F3NO5S/c11-10(12,13)20(17,18)14(16)6-7-19-9(15)8-4-2-1-3-5-8/h8,14H,1-7H2. The first kappa shape index (κ1) is 17.2. The smallest absolute Gasteiger partial charge is 0.549 e. The van der Waals surface area contributed by atoms with E-state index in [1.165, 1.54) is 0 Å². The van der Waals surface area contributed by atoms with Crippen molar-refractivity contribution in [1.82, 2.24) is 0 Å². The predicted molar refractivity (Wildman–Crippen MR) is 61.7 cm³/mol. The summed E-state index contributed by atoms with van der Waals surface area (Å²) < 4.78 is 60.2. The summed E-state index contributed by atoms with van der Waals surface area (Å²) in [6.45, 7) is -1.64. The lowest BCUT2D eigenvalue weighted by Gasteiger charge is -2.23. The van der Waals surface area contributed by atoms with E-state index in [0.717, 1.165) is 19.3 Å². The molecule has 1 rings (SSSR count). The Kier molecular flexibility index (Phi) is 5.78. The summed E-state index contributed by atoms with van der Waals surface area (Å²) in [4.78, 5) is 11.5. The number of hydrogen-bond donors (Lipinski definition) is 1. The maximum Gasteiger partial charge on any atom is 0.549 e. The van der Waals surface area contributed by atoms with Gasteiger partial charge in [0.2, 0.25) is 0 Å². The number of esters is 1. The largest absolute Gasteiger partial charge is 0.618 e. The minimum atomic E-state index is -5.83. The molecule has 1 atom stereocenters. The number of nitrogens with one attached hydrogen (secondary N) is 1. The van der Waals surface area contributed by atoms with Crippen molar-refractivity contribution in [2.45, 2.75) is 37.6 Å². The first-order valence-corrected chi connectivity index (χ1v) is 7.65. The van der Waals surface area contributed by atoms with Gasteiger partial charge in [-0.05, 0) is 12.8 Å². The van der Waals surface area contributed by atoms with Crippen LogP contribution in [0.4, 0.5) is 13.2 Å². The quantitative estimate of drug-likeness (QED) is 0.583. The van der Waals surface area contributed by atoms with Crippen molar-refractivity contribution < 1.29 is 35.6 Å². The number of alkyl halides is 3. The van der Waals surface area contributed by atoms with Crippen molar-refractivity contribution in [1.29, 1.82) is 0 Å². The number of sulfonamides is 1. The fourth-order valence-corrected chi connectivity index (χ4v) is 2.56. The van der Waals surface area contributed by atoms with E-state index < -0.39 is 39.1 Å². The number of hydroxylamine groups is 1. The molecule has 1 aliphatic rings. The molecule has 118 valence electrons. The summed E-state index contributed by atoms with van der Waals surface area (Å²) in [6, 6.07) is 0. The summed E-state index contributed by atoms with van der Waals surface area (Å²) in [5, 5.41) is 11.0. The number of hydrogen-bond acceptors (Lipinski definition) is 5. The highest BCUT2D eigenvalue weighted by Gasteiger charge is 2.51. The predicted octanol–water partition coefficient (Wildman–Crippen LogP) is 0.342. The molecule has 0 aromatic rings. The molecule has 1 aliphatic carbocycles. The van der Waals surface area contributed by atoms with Crippen LogP contribution in [0.25, 0.3) is 0 Å². The normalized spacial score (nSPS) is 19.6. The van der Waals surface area contributed by atoms with Gasteiger partial charge in [-0.2, -0.15) is 21.6 Å². The summed E-state index contributed by atoms with van der Waals surface area (Å²) in [5.41, 5.74) is -5.61. The van der Waals surface area contributed by atoms with Gasteiger partial charge in [-0.3, -0.25) is 9.26 Å². The van der Waals surface area contributed by atoms with E-state index >= 15 is 0 Å². The van der Waals surface area contributed by atoms with Crippen LogP contribution in [-0.4, -0.2) is 33.0 Å². The molecule has 0 saturated heterocycles. The minimum absolute atomic E-state index is 0.307. The zero-order valence-electron chi connectivity index (χ0n) is 10.6. The number of quaternary nitrogens is 1. The number of carbonyl (C=O) groups is 1. The fourth-order valence-electron chi connectivity index (χ4n) is 1.95. The summed E-state index contributed by atoms with van der Waals surface area (Å²) in [5.74, 6) is -0.889. The van der Waals surface area contributed by atoms with Gasteiger partial charge in [-0.15, -0.1) is 0 Å². The van der Waals surface area contributed by atoms with Gasteiger partial charge in [0, 0.05) is 0 Å². The lowest BCUT2D eigenvalue weighted by Crippen LogP contribution is -3.11. The Hall–Kier alpha value is -0.870. The summed E-state index contributed by atoms with van der Waals surface area (Å²) in [7, 11) is -5.83. The molecular formula is C10H16F3NO5S. The Morgan fingerprint density at radius 1 is 1.25 bits per heavy atom. The van der Waals surface area contributed by atoms with E-state index in [2.05, 4.69) is 4.74 Å². The van der Waals surface area contributed by atoms with E-state index in [4.69, 9.17) is 0 Å². The Morgan fingerprint density at radius 2 is 1.80 bits per heavy atom. The van der Waals surface area contributed by atoms with Gasteiger partial charge in [0.15, 0.2) is 0 Å². The van der Waals surface area contributed by atoms with Crippen LogP contribution in [0.2, 0.25) is 0 Å². The van der Waals surface area contributed by atoms with Crippen LogP contribution in [-0.2, 0) is 19.6 Å². The van der Waals surface area contributed by atoms with Crippen LogP contribution in [0.15, 0.2) is 0 Å². The highest BCUT2D eigenvalue weighted by Crippen LogP contribution is 2.24. The molecular weight excluding hydrogens is 303 g/mol. The molecule has 1 N–H and O–H groups in total. The second-order valence-electron chi connectivity index (χ2n) is 4.57. The van der Waals surface area contributed by atoms with Crippen LogP contribution in [0, 0.1) is 11.1 Å². The van der Waals surface area contributed by atoms with Gasteiger partial charge >= 0.3 is 21.5 Å². The third-order valence-electron chi connectivity index (χ3n) is 3.09. The number of ether oxygens (including phenoxy) is 1. The average molecular weight is 319 g/mol. The molecule has 0 heterocycles. The maximum absolute atomic E-state index is 12.0. The third-order valence-corrected chi connectivity index (χ3v) is 4.51. The van der Waals surface area contributed by atoms with Crippen molar-refractivity contribution in [2.75, 3.05) is 13.2 Å². The third kappa shape index (κ3) is 4.32. The van der Waals surface area contributed by atoms with Crippen LogP contribution < -0.4 is 4.47 Å². The monoisotopic (exact) mass is 319 g/mol. The van der Waals surface area contributed by atoms with Gasteiger partial charge in [-0.1, -0.05) is 19.3 Å². The lowest BCUT2D eigenvalue weighted by molar-refractivity contribution is -0.712. The zero-order chi connectivity index (χ0) is 15.4. The first-order chi connectivity index (χ1) is 9.16. The topological polar surface area (TPSA) is 87.9 Å². The number of halogens is 3. The van der Waals surface area contributed by atoms with Gasteiger partial charge in [0.25, 0.3) is 0 Å². The van der Waals surface area contributed by atoms with Gasteiger partial charge < -0.3 is 9.94 Å². The van der Waals surface area contributed by atoms with Crippen LogP contribution in [0.5, 0.6) is 0 Å². The van der Waals surface area contributed by atoms with E-state index in [1.54, 1.807) is 0 Å². The van der Waals surface area contributed by atoms with Crippen molar-refractivity contribution >= 4 is 16.0 Å². The van der Waals surface area contributed by atoms with Crippen molar-refractivity contribution in [2.24, 2.45) is 5.92 Å². The molecule has 0 spiro atoms. The average Bonchev–Trinajstić information content (AvgIpc) is 2.38. The second-order valence-corrected chi connectivity index (χ2v) is 6.50. The molecule has 0 aromatic heterocycles. The molecule has 1 unspecified atom stereocenters.